The van der Waals surface area contributed by atoms with Crippen LogP contribution in [-0.4, -0.2) is 6.79 Å². The summed E-state index contributed by atoms with van der Waals surface area (Å²) in [4.78, 5) is 8.00. The van der Waals surface area contributed by atoms with Crippen LogP contribution in [0.4, 0.5) is 22.7 Å². The number of anilines is 4. The van der Waals surface area contributed by atoms with Crippen LogP contribution in [0.2, 0.25) is 0 Å². The number of nitrogens with two attached hydrogens (primary N) is 4. The molecule has 5 nitrogen and oxygen atoms in total. The van der Waals surface area contributed by atoms with E-state index in [2.05, 4.69) is 132 Å². The number of hydrogen-bond acceptors (Lipinski definition) is 5. The largest absolute Gasteiger partial charge is 0.398 e. The Kier molecular flexibility index (Phi) is 11.6. The van der Waals surface area contributed by atoms with Crippen molar-refractivity contribution in [2.24, 2.45) is 0 Å². The lowest BCUT2D eigenvalue weighted by atomic mass is 9.82. The van der Waals surface area contributed by atoms with Gasteiger partial charge in [-0.2, -0.15) is 0 Å². The SMILES string of the molecule is C=O.CC(C)(C)c1cc(-c2ccc(N)c(C(C)(C)C)c2)ccc1N.CC(C)(C)c1cc(-c2ccc(N)c(C(C)(C)C)c2)ccc1N. The Bertz CT molecular complexity index is 1400. The van der Waals surface area contributed by atoms with Gasteiger partial charge in [-0.15, -0.1) is 0 Å². The zero-order valence-corrected chi connectivity index (χ0v) is 30.4. The van der Waals surface area contributed by atoms with E-state index in [-0.39, 0.29) is 21.7 Å². The number of benzene rings is 4. The van der Waals surface area contributed by atoms with Crippen LogP contribution in [0.1, 0.15) is 105 Å². The van der Waals surface area contributed by atoms with Crippen LogP contribution in [0.5, 0.6) is 0 Å². The average molecular weight is 623 g/mol. The lowest BCUT2D eigenvalue weighted by molar-refractivity contribution is -0.0980. The normalized spacial score (nSPS) is 12.0. The van der Waals surface area contributed by atoms with E-state index in [1.807, 2.05) is 31.1 Å². The summed E-state index contributed by atoms with van der Waals surface area (Å²) < 4.78 is 0. The molecule has 5 heteroatoms. The molecule has 4 aromatic rings. The van der Waals surface area contributed by atoms with Crippen molar-refractivity contribution in [3.8, 4) is 22.3 Å². The highest BCUT2D eigenvalue weighted by Crippen LogP contribution is 2.37. The maximum absolute atomic E-state index is 8.00. The number of nitrogen functional groups attached to an aromatic ring is 4. The number of rotatable bonds is 2. The summed E-state index contributed by atoms with van der Waals surface area (Å²) in [7, 11) is 0. The second kappa shape index (κ2) is 14.0. The lowest BCUT2D eigenvalue weighted by Crippen LogP contribution is -2.15. The summed E-state index contributed by atoms with van der Waals surface area (Å²) in [5.74, 6) is 0. The van der Waals surface area contributed by atoms with Gasteiger partial charge in [-0.25, -0.2) is 0 Å². The standard InChI is InChI=1S/2C20H28N2.CH2O/c2*1-19(2,3)15-11-13(7-9-17(15)21)14-8-10-18(22)16(12-14)20(4,5)6;1-2/h2*7-12H,21-22H2,1-6H3;1H2. The molecular formula is C41H58N4O. The molecule has 0 amide bonds. The Morgan fingerprint density at radius 2 is 0.500 bits per heavy atom. The predicted octanol–water partition coefficient (Wildman–Crippen LogP) is 10.0. The Balaban J connectivity index is 0.000000304. The molecule has 8 N–H and O–H groups in total. The van der Waals surface area contributed by atoms with Crippen LogP contribution in [0.15, 0.2) is 72.8 Å². The monoisotopic (exact) mass is 622 g/mol. The van der Waals surface area contributed by atoms with Gasteiger partial charge < -0.3 is 27.7 Å². The summed E-state index contributed by atoms with van der Waals surface area (Å²) >= 11 is 0. The van der Waals surface area contributed by atoms with Crippen LogP contribution in [0.25, 0.3) is 22.3 Å². The fourth-order valence-corrected chi connectivity index (χ4v) is 5.54. The first-order chi connectivity index (χ1) is 21.0. The molecular weight excluding hydrogens is 564 g/mol. The fraction of sp³-hybridized carbons (Fsp3) is 0.390. The highest BCUT2D eigenvalue weighted by atomic mass is 16.1. The molecule has 0 aliphatic rings. The highest BCUT2D eigenvalue weighted by molar-refractivity contribution is 5.73. The van der Waals surface area contributed by atoms with Gasteiger partial charge in [0.15, 0.2) is 0 Å². The van der Waals surface area contributed by atoms with Gasteiger partial charge in [0.2, 0.25) is 0 Å². The molecule has 0 fully saturated rings. The molecule has 0 atom stereocenters. The maximum Gasteiger partial charge on any atom is 0.106 e. The van der Waals surface area contributed by atoms with Crippen molar-refractivity contribution in [1.82, 2.24) is 0 Å². The van der Waals surface area contributed by atoms with Crippen LogP contribution in [-0.2, 0) is 26.5 Å². The quantitative estimate of drug-likeness (QED) is 0.166. The van der Waals surface area contributed by atoms with Crippen molar-refractivity contribution in [2.45, 2.75) is 105 Å². The first kappa shape index (κ1) is 37.9. The Morgan fingerprint density at radius 1 is 0.348 bits per heavy atom. The average Bonchev–Trinajstić information content (AvgIpc) is 2.93. The molecule has 0 saturated carbocycles. The van der Waals surface area contributed by atoms with Gasteiger partial charge in [0.05, 0.1) is 0 Å². The molecule has 4 aromatic carbocycles. The third-order valence-corrected chi connectivity index (χ3v) is 8.11. The van der Waals surface area contributed by atoms with E-state index in [1.165, 1.54) is 44.5 Å². The van der Waals surface area contributed by atoms with E-state index in [4.69, 9.17) is 27.7 Å². The van der Waals surface area contributed by atoms with Crippen molar-refractivity contribution in [2.75, 3.05) is 22.9 Å². The highest BCUT2D eigenvalue weighted by Gasteiger charge is 2.22. The molecule has 0 heterocycles. The topological polar surface area (TPSA) is 121 Å². The minimum absolute atomic E-state index is 0.0285. The van der Waals surface area contributed by atoms with Gasteiger partial charge in [-0.1, -0.05) is 107 Å². The third kappa shape index (κ3) is 9.38. The molecule has 0 radical (unpaired) electrons. The lowest BCUT2D eigenvalue weighted by Gasteiger charge is -2.24. The summed E-state index contributed by atoms with van der Waals surface area (Å²) in [5.41, 5.74) is 37.6. The van der Waals surface area contributed by atoms with Gasteiger partial charge in [-0.3, -0.25) is 0 Å². The zero-order valence-electron chi connectivity index (χ0n) is 30.4. The first-order valence-corrected chi connectivity index (χ1v) is 15.9. The van der Waals surface area contributed by atoms with Gasteiger partial charge >= 0.3 is 0 Å². The van der Waals surface area contributed by atoms with Crippen molar-refractivity contribution in [1.29, 1.82) is 0 Å². The molecule has 46 heavy (non-hydrogen) atoms. The molecule has 248 valence electrons. The van der Waals surface area contributed by atoms with Crippen LogP contribution in [0, 0.1) is 0 Å². The smallest absolute Gasteiger partial charge is 0.106 e. The van der Waals surface area contributed by atoms with E-state index in [0.29, 0.717) is 0 Å². The number of carbonyl (C=O) groups excluding carboxylic acids is 1. The van der Waals surface area contributed by atoms with Gasteiger partial charge in [0.25, 0.3) is 0 Å². The summed E-state index contributed by atoms with van der Waals surface area (Å²) in [6.07, 6.45) is 0. The summed E-state index contributed by atoms with van der Waals surface area (Å²) in [6.45, 7) is 28.2. The number of carbonyl (C=O) groups is 1. The Morgan fingerprint density at radius 3 is 0.630 bits per heavy atom. The molecule has 0 bridgehead atoms. The molecule has 4 rings (SSSR count). The van der Waals surface area contributed by atoms with Crippen molar-refractivity contribution in [3.05, 3.63) is 95.1 Å². The molecule has 0 aliphatic heterocycles. The van der Waals surface area contributed by atoms with E-state index in [1.54, 1.807) is 0 Å². The van der Waals surface area contributed by atoms with E-state index >= 15 is 0 Å². The van der Waals surface area contributed by atoms with Crippen molar-refractivity contribution < 1.29 is 4.79 Å². The van der Waals surface area contributed by atoms with Crippen molar-refractivity contribution in [3.63, 3.8) is 0 Å². The van der Waals surface area contributed by atoms with Crippen LogP contribution >= 0.6 is 0 Å². The molecule has 0 aromatic heterocycles. The summed E-state index contributed by atoms with van der Waals surface area (Å²) in [5, 5.41) is 0. The Hall–Kier alpha value is -4.25. The number of hydrogen-bond donors (Lipinski definition) is 4. The second-order valence-electron chi connectivity index (χ2n) is 16.2. The third-order valence-electron chi connectivity index (χ3n) is 8.11. The molecule has 0 saturated heterocycles. The van der Waals surface area contributed by atoms with Crippen molar-refractivity contribution >= 4 is 29.5 Å². The fourth-order valence-electron chi connectivity index (χ4n) is 5.54. The first-order valence-electron chi connectivity index (χ1n) is 15.9. The van der Waals surface area contributed by atoms with Crippen LogP contribution < -0.4 is 22.9 Å². The molecule has 0 spiro atoms. The van der Waals surface area contributed by atoms with E-state index in [0.717, 1.165) is 22.7 Å². The zero-order chi connectivity index (χ0) is 35.4. The maximum atomic E-state index is 8.00. The van der Waals surface area contributed by atoms with Gasteiger partial charge in [0, 0.05) is 22.7 Å². The Labute approximate surface area is 278 Å². The predicted molar refractivity (Wildman–Crippen MR) is 203 cm³/mol. The second-order valence-corrected chi connectivity index (χ2v) is 16.2. The molecule has 0 aliphatic carbocycles. The minimum atomic E-state index is 0.0285. The van der Waals surface area contributed by atoms with Crippen LogP contribution in [0.3, 0.4) is 0 Å². The van der Waals surface area contributed by atoms with E-state index < -0.39 is 0 Å². The van der Waals surface area contributed by atoms with Gasteiger partial charge in [-0.05, 0) is 115 Å². The van der Waals surface area contributed by atoms with Gasteiger partial charge in [0.1, 0.15) is 6.79 Å². The molecule has 0 unspecified atom stereocenters. The minimum Gasteiger partial charge on any atom is -0.398 e. The van der Waals surface area contributed by atoms with E-state index in [9.17, 15) is 0 Å². The summed E-state index contributed by atoms with van der Waals surface area (Å²) in [6, 6.07) is 25.2.